The van der Waals surface area contributed by atoms with Crippen molar-refractivity contribution in [1.29, 1.82) is 0 Å². The molecular weight excluding hydrogens is 464 g/mol. The van der Waals surface area contributed by atoms with Crippen molar-refractivity contribution in [3.63, 3.8) is 0 Å². The molecule has 0 aliphatic carbocycles. The number of rotatable bonds is 15. The zero-order chi connectivity index (χ0) is 27.1. The van der Waals surface area contributed by atoms with Gasteiger partial charge in [0, 0.05) is 38.3 Å². The van der Waals surface area contributed by atoms with E-state index in [2.05, 4.69) is 52.3 Å². The monoisotopic (exact) mass is 512 g/mol. The molecule has 0 saturated carbocycles. The summed E-state index contributed by atoms with van der Waals surface area (Å²) in [6.45, 7) is 13.1. The zero-order valence-corrected chi connectivity index (χ0v) is 23.8. The van der Waals surface area contributed by atoms with Crippen LogP contribution in [0, 0.1) is 5.41 Å². The van der Waals surface area contributed by atoms with Gasteiger partial charge < -0.3 is 19.8 Å². The third-order valence-electron chi connectivity index (χ3n) is 6.15. The number of oxime groups is 1. The number of unbranched alkanes of at least 4 members (excludes halogenated alkanes) is 1. The summed E-state index contributed by atoms with van der Waals surface area (Å²) in [5, 5.41) is 7.32. The molecule has 1 N–H and O–H groups in total. The van der Waals surface area contributed by atoms with Gasteiger partial charge in [0.1, 0.15) is 18.5 Å². The van der Waals surface area contributed by atoms with E-state index in [0.29, 0.717) is 18.7 Å². The largest absolute Gasteiger partial charge is 0.490 e. The fourth-order valence-corrected chi connectivity index (χ4v) is 4.51. The van der Waals surface area contributed by atoms with E-state index >= 15 is 0 Å². The van der Waals surface area contributed by atoms with Crippen LogP contribution < -0.4 is 10.1 Å². The molecule has 0 atom stereocenters. The van der Waals surface area contributed by atoms with Crippen molar-refractivity contribution in [3.05, 3.63) is 54.1 Å². The van der Waals surface area contributed by atoms with Crippen LogP contribution in [-0.4, -0.2) is 80.9 Å². The number of carbonyl (C=O) groups is 1. The smallest absolute Gasteiger partial charge is 0.251 e. The molecule has 1 aliphatic rings. The molecule has 0 radical (unpaired) electrons. The van der Waals surface area contributed by atoms with Crippen LogP contribution in [0.3, 0.4) is 0 Å². The normalized spacial score (nSPS) is 16.1. The first-order valence-corrected chi connectivity index (χ1v) is 13.5. The number of carbonyl (C=O) groups excluding carboxylic acids is 1. The Bertz CT molecular complexity index is 900. The molecular formula is C30H48N4O3. The summed E-state index contributed by atoms with van der Waals surface area (Å²) < 4.78 is 6.24. The summed E-state index contributed by atoms with van der Waals surface area (Å²) >= 11 is 0. The van der Waals surface area contributed by atoms with Crippen LogP contribution >= 0.6 is 0 Å². The quantitative estimate of drug-likeness (QED) is 0.152. The number of nitrogens with zero attached hydrogens (tertiary/aromatic N) is 3. The summed E-state index contributed by atoms with van der Waals surface area (Å²) in [6, 6.07) is 7.52. The van der Waals surface area contributed by atoms with Crippen LogP contribution in [0.25, 0.3) is 0 Å². The van der Waals surface area contributed by atoms with Gasteiger partial charge in [-0.1, -0.05) is 43.3 Å². The number of nitrogens with one attached hydrogen (secondary N) is 1. The van der Waals surface area contributed by atoms with E-state index in [1.165, 1.54) is 0 Å². The Morgan fingerprint density at radius 2 is 1.92 bits per heavy atom. The predicted octanol–water partition coefficient (Wildman–Crippen LogP) is 5.15. The highest BCUT2D eigenvalue weighted by molar-refractivity contribution is 5.94. The molecule has 0 spiro atoms. The number of allylic oxidation sites excluding steroid dienone is 3. The first-order valence-electron chi connectivity index (χ1n) is 13.5. The SMILES string of the molecule is C/C=C\CC/C=C/CO/N=C(\C)CN1CCC(Oc2cccc(C(=O)NCC(C)(C)CN(C)C)c2)CC1. The molecule has 7 heteroatoms. The molecule has 1 amide bonds. The summed E-state index contributed by atoms with van der Waals surface area (Å²) in [4.78, 5) is 22.7. The van der Waals surface area contributed by atoms with E-state index in [1.54, 1.807) is 0 Å². The molecule has 1 fully saturated rings. The number of amides is 1. The van der Waals surface area contributed by atoms with Gasteiger partial charge in [-0.2, -0.15) is 0 Å². The Morgan fingerprint density at radius 1 is 1.19 bits per heavy atom. The number of piperidine rings is 1. The van der Waals surface area contributed by atoms with Gasteiger partial charge in [-0.3, -0.25) is 9.69 Å². The van der Waals surface area contributed by atoms with Crippen molar-refractivity contribution in [2.24, 2.45) is 10.6 Å². The van der Waals surface area contributed by atoms with E-state index in [9.17, 15) is 4.79 Å². The van der Waals surface area contributed by atoms with Gasteiger partial charge in [-0.05, 0) is 83.3 Å². The molecule has 7 nitrogen and oxygen atoms in total. The lowest BCUT2D eigenvalue weighted by atomic mass is 9.93. The summed E-state index contributed by atoms with van der Waals surface area (Å²) in [5.41, 5.74) is 1.61. The molecule has 0 bridgehead atoms. The minimum atomic E-state index is -0.0618. The van der Waals surface area contributed by atoms with Crippen molar-refractivity contribution in [2.75, 3.05) is 53.4 Å². The number of hydrogen-bond acceptors (Lipinski definition) is 6. The van der Waals surface area contributed by atoms with Crippen LogP contribution in [0.4, 0.5) is 0 Å². The minimum Gasteiger partial charge on any atom is -0.490 e. The highest BCUT2D eigenvalue weighted by Crippen LogP contribution is 2.21. The molecule has 1 aromatic rings. The van der Waals surface area contributed by atoms with Crippen molar-refractivity contribution < 1.29 is 14.4 Å². The maximum Gasteiger partial charge on any atom is 0.251 e. The lowest BCUT2D eigenvalue weighted by Crippen LogP contribution is -2.40. The maximum atomic E-state index is 12.7. The van der Waals surface area contributed by atoms with Crippen molar-refractivity contribution >= 4 is 11.6 Å². The van der Waals surface area contributed by atoms with Crippen molar-refractivity contribution in [1.82, 2.24) is 15.1 Å². The fraction of sp³-hybridized carbons (Fsp3) is 0.600. The van der Waals surface area contributed by atoms with Gasteiger partial charge in [0.2, 0.25) is 0 Å². The number of ether oxygens (including phenoxy) is 1. The summed E-state index contributed by atoms with van der Waals surface area (Å²) in [5.74, 6) is 0.691. The number of likely N-dealkylation sites (tertiary alicyclic amines) is 1. The Labute approximate surface area is 224 Å². The van der Waals surface area contributed by atoms with Crippen molar-refractivity contribution in [3.8, 4) is 5.75 Å². The van der Waals surface area contributed by atoms with Gasteiger partial charge >= 0.3 is 0 Å². The summed E-state index contributed by atoms with van der Waals surface area (Å²) in [6.07, 6.45) is 12.5. The second kappa shape index (κ2) is 16.3. The van der Waals surface area contributed by atoms with Gasteiger partial charge in [0.05, 0.1) is 5.71 Å². The van der Waals surface area contributed by atoms with Crippen LogP contribution in [-0.2, 0) is 4.84 Å². The first-order chi connectivity index (χ1) is 17.7. The lowest BCUT2D eigenvalue weighted by Gasteiger charge is -2.32. The molecule has 37 heavy (non-hydrogen) atoms. The lowest BCUT2D eigenvalue weighted by molar-refractivity contribution is 0.0925. The van der Waals surface area contributed by atoms with Crippen LogP contribution in [0.15, 0.2) is 53.7 Å². The first kappa shape index (κ1) is 30.6. The average Bonchev–Trinajstić information content (AvgIpc) is 2.85. The molecule has 1 aromatic carbocycles. The predicted molar refractivity (Wildman–Crippen MR) is 153 cm³/mol. The Balaban J connectivity index is 1.72. The second-order valence-corrected chi connectivity index (χ2v) is 10.9. The molecule has 206 valence electrons. The number of benzene rings is 1. The van der Waals surface area contributed by atoms with Crippen LogP contribution in [0.2, 0.25) is 0 Å². The van der Waals surface area contributed by atoms with Crippen LogP contribution in [0.5, 0.6) is 5.75 Å². The van der Waals surface area contributed by atoms with Gasteiger partial charge in [-0.25, -0.2) is 0 Å². The molecule has 0 aromatic heterocycles. The second-order valence-electron chi connectivity index (χ2n) is 10.9. The van der Waals surface area contributed by atoms with Gasteiger partial charge in [0.25, 0.3) is 5.91 Å². The van der Waals surface area contributed by atoms with Gasteiger partial charge in [-0.15, -0.1) is 0 Å². The van der Waals surface area contributed by atoms with Gasteiger partial charge in [0.15, 0.2) is 0 Å². The Morgan fingerprint density at radius 3 is 2.62 bits per heavy atom. The van der Waals surface area contributed by atoms with E-state index in [1.807, 2.05) is 58.3 Å². The summed E-state index contributed by atoms with van der Waals surface area (Å²) in [7, 11) is 4.10. The Hall–Kier alpha value is -2.64. The highest BCUT2D eigenvalue weighted by Gasteiger charge is 2.22. The fourth-order valence-electron chi connectivity index (χ4n) is 4.51. The van der Waals surface area contributed by atoms with Crippen molar-refractivity contribution in [2.45, 2.75) is 59.5 Å². The van der Waals surface area contributed by atoms with E-state index in [0.717, 1.165) is 63.3 Å². The average molecular weight is 513 g/mol. The Kier molecular flexibility index (Phi) is 13.4. The molecule has 0 unspecified atom stereocenters. The minimum absolute atomic E-state index is 0.000625. The standard InChI is InChI=1S/C30H48N4O3/c1-7-8-9-10-11-12-20-36-32-25(2)22-34-18-16-27(17-19-34)37-28-15-13-14-26(21-28)29(35)31-23-30(3,4)24-33(5)6/h7-8,11-15,21,27H,9-10,16-20,22-24H2,1-6H3,(H,31,35)/b8-7-,12-11+,32-25+. The van der Waals surface area contributed by atoms with E-state index < -0.39 is 0 Å². The molecule has 2 rings (SSSR count). The topological polar surface area (TPSA) is 66.4 Å². The third kappa shape index (κ3) is 12.9. The molecule has 1 aliphatic heterocycles. The van der Waals surface area contributed by atoms with Crippen LogP contribution in [0.1, 0.15) is 63.7 Å². The van der Waals surface area contributed by atoms with E-state index in [-0.39, 0.29) is 17.4 Å². The molecule has 1 saturated heterocycles. The molecule has 1 heterocycles. The third-order valence-corrected chi connectivity index (χ3v) is 6.15. The maximum absolute atomic E-state index is 12.7. The zero-order valence-electron chi connectivity index (χ0n) is 23.8. The number of hydrogen-bond donors (Lipinski definition) is 1. The highest BCUT2D eigenvalue weighted by atomic mass is 16.6. The van der Waals surface area contributed by atoms with E-state index in [4.69, 9.17) is 9.57 Å².